The molecular formula is C12H18BrN3OS. The highest BCUT2D eigenvalue weighted by Crippen LogP contribution is 2.33. The highest BCUT2D eigenvalue weighted by Gasteiger charge is 2.38. The van der Waals surface area contributed by atoms with Gasteiger partial charge >= 0.3 is 6.03 Å². The zero-order valence-corrected chi connectivity index (χ0v) is 13.0. The minimum atomic E-state index is -0.192. The first-order valence-corrected chi connectivity index (χ1v) is 7.58. The first-order valence-electron chi connectivity index (χ1n) is 5.97. The molecule has 0 saturated carbocycles. The molecule has 0 aliphatic carbocycles. The molecule has 1 fully saturated rings. The summed E-state index contributed by atoms with van der Waals surface area (Å²) in [5, 5.41) is 3.03. The third-order valence-corrected chi connectivity index (χ3v) is 5.07. The SMILES string of the molecule is CC(C)(CCN)N1CC(c2ccc(Br)s2)NC1=O. The minimum Gasteiger partial charge on any atom is -0.330 e. The number of hydrogen-bond donors (Lipinski definition) is 2. The summed E-state index contributed by atoms with van der Waals surface area (Å²) in [6, 6.07) is 4.16. The van der Waals surface area contributed by atoms with Crippen LogP contribution in [0.2, 0.25) is 0 Å². The summed E-state index contributed by atoms with van der Waals surface area (Å²) in [6.07, 6.45) is 0.807. The highest BCUT2D eigenvalue weighted by molar-refractivity contribution is 9.11. The first kappa shape index (κ1) is 13.8. The summed E-state index contributed by atoms with van der Waals surface area (Å²) in [5.74, 6) is 0. The molecule has 6 heteroatoms. The fraction of sp³-hybridized carbons (Fsp3) is 0.583. The van der Waals surface area contributed by atoms with Gasteiger partial charge in [-0.3, -0.25) is 0 Å². The number of nitrogens with zero attached hydrogens (tertiary/aromatic N) is 1. The normalized spacial score (nSPS) is 20.3. The summed E-state index contributed by atoms with van der Waals surface area (Å²) < 4.78 is 1.09. The lowest BCUT2D eigenvalue weighted by molar-refractivity contribution is 0.153. The Morgan fingerprint density at radius 2 is 2.33 bits per heavy atom. The van der Waals surface area contributed by atoms with Gasteiger partial charge in [0.2, 0.25) is 0 Å². The largest absolute Gasteiger partial charge is 0.330 e. The highest BCUT2D eigenvalue weighted by atomic mass is 79.9. The van der Waals surface area contributed by atoms with Crippen molar-refractivity contribution in [2.24, 2.45) is 5.73 Å². The molecule has 1 aromatic heterocycles. The van der Waals surface area contributed by atoms with Crippen LogP contribution in [0.3, 0.4) is 0 Å². The molecule has 1 aromatic rings. The maximum Gasteiger partial charge on any atom is 0.318 e. The number of nitrogens with two attached hydrogens (primary N) is 1. The monoisotopic (exact) mass is 331 g/mol. The maximum atomic E-state index is 12.1. The van der Waals surface area contributed by atoms with Crippen LogP contribution in [0.1, 0.15) is 31.2 Å². The second kappa shape index (κ2) is 5.19. The summed E-state index contributed by atoms with van der Waals surface area (Å²) >= 11 is 5.11. The van der Waals surface area contributed by atoms with Gasteiger partial charge in [-0.1, -0.05) is 0 Å². The van der Waals surface area contributed by atoms with Gasteiger partial charge in [-0.15, -0.1) is 11.3 Å². The number of carbonyl (C=O) groups is 1. The fourth-order valence-corrected chi connectivity index (χ4v) is 3.69. The topological polar surface area (TPSA) is 58.4 Å². The number of nitrogens with one attached hydrogen (secondary N) is 1. The first-order chi connectivity index (χ1) is 8.44. The van der Waals surface area contributed by atoms with Crippen LogP contribution in [0.5, 0.6) is 0 Å². The van der Waals surface area contributed by atoms with Crippen LogP contribution in [0, 0.1) is 0 Å². The standard InChI is InChI=1S/C12H18BrN3OS/c1-12(2,5-6-14)16-7-8(15-11(16)17)9-3-4-10(13)18-9/h3-4,8H,5-7,14H2,1-2H3,(H,15,17). The lowest BCUT2D eigenvalue weighted by Crippen LogP contribution is -2.46. The number of urea groups is 1. The van der Waals surface area contributed by atoms with E-state index in [-0.39, 0.29) is 17.6 Å². The Morgan fingerprint density at radius 1 is 1.61 bits per heavy atom. The number of carbonyl (C=O) groups excluding carboxylic acids is 1. The third kappa shape index (κ3) is 2.70. The Kier molecular flexibility index (Phi) is 3.99. The van der Waals surface area contributed by atoms with Crippen molar-refractivity contribution in [3.05, 3.63) is 20.8 Å². The predicted octanol–water partition coefficient (Wildman–Crippen LogP) is 2.70. The smallest absolute Gasteiger partial charge is 0.318 e. The number of rotatable bonds is 4. The summed E-state index contributed by atoms with van der Waals surface area (Å²) in [6.45, 7) is 5.42. The molecule has 1 atom stereocenters. The lowest BCUT2D eigenvalue weighted by atomic mass is 9.98. The van der Waals surface area contributed by atoms with Crippen LogP contribution in [-0.4, -0.2) is 29.6 Å². The number of hydrogen-bond acceptors (Lipinski definition) is 3. The van der Waals surface area contributed by atoms with Crippen molar-refractivity contribution in [1.82, 2.24) is 10.2 Å². The average molecular weight is 332 g/mol. The predicted molar refractivity (Wildman–Crippen MR) is 77.7 cm³/mol. The van der Waals surface area contributed by atoms with Gasteiger partial charge in [0.25, 0.3) is 0 Å². The van der Waals surface area contributed by atoms with E-state index in [2.05, 4.69) is 41.2 Å². The van der Waals surface area contributed by atoms with Gasteiger partial charge in [0, 0.05) is 17.0 Å². The Morgan fingerprint density at radius 3 is 2.89 bits per heavy atom. The van der Waals surface area contributed by atoms with Crippen LogP contribution in [-0.2, 0) is 0 Å². The molecule has 1 saturated heterocycles. The van der Waals surface area contributed by atoms with Gasteiger partial charge in [0.15, 0.2) is 0 Å². The van der Waals surface area contributed by atoms with Crippen molar-refractivity contribution >= 4 is 33.3 Å². The molecule has 0 bridgehead atoms. The van der Waals surface area contributed by atoms with Gasteiger partial charge in [-0.05, 0) is 54.9 Å². The minimum absolute atomic E-state index is 0.00275. The van der Waals surface area contributed by atoms with Crippen molar-refractivity contribution in [2.75, 3.05) is 13.1 Å². The second-order valence-corrected chi connectivity index (χ2v) is 7.60. The zero-order chi connectivity index (χ0) is 13.3. The van der Waals surface area contributed by atoms with Crippen LogP contribution < -0.4 is 11.1 Å². The lowest BCUT2D eigenvalue weighted by Gasteiger charge is -2.34. The van der Waals surface area contributed by atoms with Gasteiger partial charge in [0.05, 0.1) is 9.83 Å². The van der Waals surface area contributed by atoms with E-state index in [0.717, 1.165) is 10.2 Å². The van der Waals surface area contributed by atoms with Crippen LogP contribution in [0.25, 0.3) is 0 Å². The summed E-state index contributed by atoms with van der Waals surface area (Å²) in [4.78, 5) is 15.1. The molecule has 100 valence electrons. The van der Waals surface area contributed by atoms with E-state index in [0.29, 0.717) is 13.1 Å². The zero-order valence-electron chi connectivity index (χ0n) is 10.6. The Hall–Kier alpha value is -0.590. The Bertz CT molecular complexity index is 446. The van der Waals surface area contributed by atoms with E-state index in [1.807, 2.05) is 11.0 Å². The van der Waals surface area contributed by atoms with Crippen molar-refractivity contribution in [3.8, 4) is 0 Å². The molecule has 4 nitrogen and oxygen atoms in total. The van der Waals surface area contributed by atoms with Crippen molar-refractivity contribution in [3.63, 3.8) is 0 Å². The van der Waals surface area contributed by atoms with E-state index < -0.39 is 0 Å². The average Bonchev–Trinajstić information content (AvgIpc) is 2.84. The molecule has 2 amide bonds. The second-order valence-electron chi connectivity index (χ2n) is 5.11. The quantitative estimate of drug-likeness (QED) is 0.891. The molecule has 3 N–H and O–H groups in total. The number of thiophene rings is 1. The van der Waals surface area contributed by atoms with Crippen molar-refractivity contribution in [2.45, 2.75) is 31.8 Å². The molecule has 0 aromatic carbocycles. The van der Waals surface area contributed by atoms with E-state index in [1.165, 1.54) is 4.88 Å². The number of amides is 2. The Balaban J connectivity index is 2.12. The molecule has 2 rings (SSSR count). The molecular weight excluding hydrogens is 314 g/mol. The molecule has 1 unspecified atom stereocenters. The third-order valence-electron chi connectivity index (χ3n) is 3.33. The van der Waals surface area contributed by atoms with Crippen molar-refractivity contribution in [1.29, 1.82) is 0 Å². The summed E-state index contributed by atoms with van der Waals surface area (Å²) in [5.41, 5.74) is 5.42. The number of halogens is 1. The van der Waals surface area contributed by atoms with Gasteiger partial charge < -0.3 is 16.0 Å². The van der Waals surface area contributed by atoms with Gasteiger partial charge in [0.1, 0.15) is 0 Å². The van der Waals surface area contributed by atoms with E-state index in [1.54, 1.807) is 11.3 Å². The molecule has 0 spiro atoms. The molecule has 1 aliphatic rings. The molecule has 18 heavy (non-hydrogen) atoms. The van der Waals surface area contributed by atoms with E-state index >= 15 is 0 Å². The van der Waals surface area contributed by atoms with Crippen LogP contribution in [0.15, 0.2) is 15.9 Å². The summed E-state index contributed by atoms with van der Waals surface area (Å²) in [7, 11) is 0. The van der Waals surface area contributed by atoms with Gasteiger partial charge in [-0.25, -0.2) is 4.79 Å². The molecule has 1 aliphatic heterocycles. The Labute approximate surface area is 120 Å². The maximum absolute atomic E-state index is 12.1. The molecule has 0 radical (unpaired) electrons. The van der Waals surface area contributed by atoms with E-state index in [9.17, 15) is 4.79 Å². The van der Waals surface area contributed by atoms with Crippen molar-refractivity contribution < 1.29 is 4.79 Å². The van der Waals surface area contributed by atoms with E-state index in [4.69, 9.17) is 5.73 Å². The molecule has 2 heterocycles. The fourth-order valence-electron chi connectivity index (χ4n) is 2.22. The van der Waals surface area contributed by atoms with Gasteiger partial charge in [-0.2, -0.15) is 0 Å². The van der Waals surface area contributed by atoms with Crippen LogP contribution in [0.4, 0.5) is 4.79 Å². The van der Waals surface area contributed by atoms with Crippen LogP contribution >= 0.6 is 27.3 Å².